The van der Waals surface area contributed by atoms with E-state index < -0.39 is 22.3 Å². The number of nitrogen functional groups attached to an aromatic ring is 1. The Morgan fingerprint density at radius 2 is 2.10 bits per heavy atom. The second kappa shape index (κ2) is 7.53. The van der Waals surface area contributed by atoms with Gasteiger partial charge in [0.15, 0.2) is 5.82 Å². The van der Waals surface area contributed by atoms with Crippen molar-refractivity contribution in [1.29, 1.82) is 0 Å². The summed E-state index contributed by atoms with van der Waals surface area (Å²) in [6.45, 7) is 1.28. The smallest absolute Gasteiger partial charge is 0.285 e. The number of nitro benzene ring substituents is 1. The number of rotatable bonds is 7. The van der Waals surface area contributed by atoms with Gasteiger partial charge in [-0.15, -0.1) is 0 Å². The number of anilines is 1. The Labute approximate surface area is 122 Å². The minimum atomic E-state index is -0.913. The van der Waals surface area contributed by atoms with Gasteiger partial charge in [0.05, 0.1) is 16.7 Å². The molecule has 21 heavy (non-hydrogen) atoms. The topological polar surface area (TPSA) is 102 Å². The SMILES string of the molecule is CN(C)CCCCNC(=O)c1cc(N)c(F)cc1[N+](=O)[O-]. The van der Waals surface area contributed by atoms with Crippen LogP contribution < -0.4 is 11.1 Å². The highest BCUT2D eigenvalue weighted by atomic mass is 19.1. The highest BCUT2D eigenvalue weighted by Gasteiger charge is 2.22. The summed E-state index contributed by atoms with van der Waals surface area (Å²) in [5, 5.41) is 13.4. The van der Waals surface area contributed by atoms with Crippen LogP contribution in [-0.4, -0.2) is 42.9 Å². The van der Waals surface area contributed by atoms with E-state index in [1.165, 1.54) is 0 Å². The number of nitrogens with zero attached hydrogens (tertiary/aromatic N) is 2. The van der Waals surface area contributed by atoms with Gasteiger partial charge in [-0.1, -0.05) is 0 Å². The van der Waals surface area contributed by atoms with Gasteiger partial charge in [0.25, 0.3) is 11.6 Å². The Kier molecular flexibility index (Phi) is 6.04. The number of hydrogen-bond donors (Lipinski definition) is 2. The predicted molar refractivity (Wildman–Crippen MR) is 77.6 cm³/mol. The molecule has 1 aromatic carbocycles. The van der Waals surface area contributed by atoms with E-state index in [-0.39, 0.29) is 11.3 Å². The second-order valence-electron chi connectivity index (χ2n) is 4.91. The monoisotopic (exact) mass is 298 g/mol. The van der Waals surface area contributed by atoms with E-state index in [9.17, 15) is 19.3 Å². The summed E-state index contributed by atoms with van der Waals surface area (Å²) < 4.78 is 13.2. The average Bonchev–Trinajstić information content (AvgIpc) is 2.40. The van der Waals surface area contributed by atoms with E-state index in [2.05, 4.69) is 5.32 Å². The summed E-state index contributed by atoms with van der Waals surface area (Å²) in [6.07, 6.45) is 1.63. The van der Waals surface area contributed by atoms with E-state index in [1.807, 2.05) is 19.0 Å². The third-order valence-electron chi connectivity index (χ3n) is 2.87. The van der Waals surface area contributed by atoms with Crippen LogP contribution in [0.4, 0.5) is 15.8 Å². The summed E-state index contributed by atoms with van der Waals surface area (Å²) in [5.41, 5.74) is 4.24. The quantitative estimate of drug-likeness (QED) is 0.343. The van der Waals surface area contributed by atoms with Crippen LogP contribution in [0.3, 0.4) is 0 Å². The first-order valence-electron chi connectivity index (χ1n) is 6.49. The number of amides is 1. The lowest BCUT2D eigenvalue weighted by Gasteiger charge is -2.10. The molecule has 8 heteroatoms. The number of carbonyl (C=O) groups excluding carboxylic acids is 1. The molecule has 3 N–H and O–H groups in total. The van der Waals surface area contributed by atoms with Gasteiger partial charge in [0, 0.05) is 6.54 Å². The molecule has 0 aromatic heterocycles. The van der Waals surface area contributed by atoms with Crippen LogP contribution in [0.25, 0.3) is 0 Å². The normalized spacial score (nSPS) is 10.7. The lowest BCUT2D eigenvalue weighted by atomic mass is 10.1. The van der Waals surface area contributed by atoms with Crippen molar-refractivity contribution in [2.45, 2.75) is 12.8 Å². The number of hydrogen-bond acceptors (Lipinski definition) is 5. The molecule has 0 bridgehead atoms. The second-order valence-corrected chi connectivity index (χ2v) is 4.91. The molecule has 1 amide bonds. The summed E-state index contributed by atoms with van der Waals surface area (Å²) >= 11 is 0. The van der Waals surface area contributed by atoms with E-state index >= 15 is 0 Å². The molecule has 1 rings (SSSR count). The molecule has 0 fully saturated rings. The van der Waals surface area contributed by atoms with E-state index in [0.29, 0.717) is 12.6 Å². The van der Waals surface area contributed by atoms with E-state index in [4.69, 9.17) is 5.73 Å². The molecule has 0 heterocycles. The molecule has 0 unspecified atom stereocenters. The number of halogens is 1. The Bertz CT molecular complexity index is 534. The van der Waals surface area contributed by atoms with Gasteiger partial charge >= 0.3 is 0 Å². The predicted octanol–water partition coefficient (Wildman–Crippen LogP) is 1.39. The van der Waals surface area contributed by atoms with Crippen LogP contribution in [-0.2, 0) is 0 Å². The molecule has 0 saturated heterocycles. The van der Waals surface area contributed by atoms with Crippen LogP contribution >= 0.6 is 0 Å². The molecule has 1 aromatic rings. The van der Waals surface area contributed by atoms with Crippen molar-refractivity contribution in [1.82, 2.24) is 10.2 Å². The van der Waals surface area contributed by atoms with Crippen LogP contribution in [0.1, 0.15) is 23.2 Å². The Morgan fingerprint density at radius 1 is 1.43 bits per heavy atom. The maximum atomic E-state index is 13.2. The van der Waals surface area contributed by atoms with Crippen molar-refractivity contribution in [3.8, 4) is 0 Å². The molecule has 0 radical (unpaired) electrons. The van der Waals surface area contributed by atoms with Crippen molar-refractivity contribution in [3.05, 3.63) is 33.6 Å². The third-order valence-corrected chi connectivity index (χ3v) is 2.87. The molecule has 0 spiro atoms. The molecular formula is C13H19FN4O3. The first-order valence-corrected chi connectivity index (χ1v) is 6.49. The highest BCUT2D eigenvalue weighted by Crippen LogP contribution is 2.24. The highest BCUT2D eigenvalue weighted by molar-refractivity contribution is 5.99. The molecule has 116 valence electrons. The fourth-order valence-corrected chi connectivity index (χ4v) is 1.76. The minimum absolute atomic E-state index is 0.230. The molecule has 0 atom stereocenters. The fraction of sp³-hybridized carbons (Fsp3) is 0.462. The number of benzene rings is 1. The summed E-state index contributed by atoms with van der Waals surface area (Å²) in [7, 11) is 3.90. The van der Waals surface area contributed by atoms with Crippen LogP contribution in [0.15, 0.2) is 12.1 Å². The first kappa shape index (κ1) is 16.8. The molecule has 0 saturated carbocycles. The van der Waals surface area contributed by atoms with Crippen molar-refractivity contribution in [2.24, 2.45) is 0 Å². The number of nitrogens with two attached hydrogens (primary N) is 1. The van der Waals surface area contributed by atoms with Crippen molar-refractivity contribution in [2.75, 3.05) is 32.9 Å². The summed E-state index contributed by atoms with van der Waals surface area (Å²) in [6, 6.07) is 1.65. The summed E-state index contributed by atoms with van der Waals surface area (Å²) in [4.78, 5) is 24.0. The van der Waals surface area contributed by atoms with Gasteiger partial charge in [0.1, 0.15) is 5.56 Å². The molecular weight excluding hydrogens is 279 g/mol. The van der Waals surface area contributed by atoms with E-state index in [1.54, 1.807) is 0 Å². The standard InChI is InChI=1S/C13H19FN4O3/c1-17(2)6-4-3-5-16-13(19)9-7-11(15)10(14)8-12(9)18(20)21/h7-8H,3-6,15H2,1-2H3,(H,16,19). The average molecular weight is 298 g/mol. The Morgan fingerprint density at radius 3 is 2.67 bits per heavy atom. The zero-order valence-corrected chi connectivity index (χ0v) is 12.1. The number of nitro groups is 1. The van der Waals surface area contributed by atoms with Crippen LogP contribution in [0.2, 0.25) is 0 Å². The molecule has 0 aliphatic carbocycles. The first-order chi connectivity index (χ1) is 9.82. The fourth-order valence-electron chi connectivity index (χ4n) is 1.76. The van der Waals surface area contributed by atoms with Crippen molar-refractivity contribution < 1.29 is 14.1 Å². The van der Waals surface area contributed by atoms with Crippen molar-refractivity contribution in [3.63, 3.8) is 0 Å². The zero-order chi connectivity index (χ0) is 16.0. The molecule has 7 nitrogen and oxygen atoms in total. The largest absolute Gasteiger partial charge is 0.396 e. The summed E-state index contributed by atoms with van der Waals surface area (Å²) in [5.74, 6) is -1.54. The van der Waals surface area contributed by atoms with E-state index in [0.717, 1.165) is 25.5 Å². The van der Waals surface area contributed by atoms with Crippen molar-refractivity contribution >= 4 is 17.3 Å². The maximum absolute atomic E-state index is 13.2. The van der Waals surface area contributed by atoms with Gasteiger partial charge in [-0.2, -0.15) is 0 Å². The van der Waals surface area contributed by atoms with Gasteiger partial charge < -0.3 is 16.0 Å². The van der Waals surface area contributed by atoms with Gasteiger partial charge in [-0.3, -0.25) is 14.9 Å². The molecule has 0 aliphatic heterocycles. The molecule has 0 aliphatic rings. The van der Waals surface area contributed by atoms with Crippen LogP contribution in [0.5, 0.6) is 0 Å². The van der Waals surface area contributed by atoms with Gasteiger partial charge in [-0.05, 0) is 39.5 Å². The van der Waals surface area contributed by atoms with Gasteiger partial charge in [0.2, 0.25) is 0 Å². The Hall–Kier alpha value is -2.22. The number of nitrogens with one attached hydrogen (secondary N) is 1. The zero-order valence-electron chi connectivity index (χ0n) is 12.1. The lowest BCUT2D eigenvalue weighted by Crippen LogP contribution is -2.26. The third kappa shape index (κ3) is 4.99. The minimum Gasteiger partial charge on any atom is -0.396 e. The van der Waals surface area contributed by atoms with Crippen LogP contribution in [0, 0.1) is 15.9 Å². The maximum Gasteiger partial charge on any atom is 0.285 e. The lowest BCUT2D eigenvalue weighted by molar-refractivity contribution is -0.385. The van der Waals surface area contributed by atoms with Gasteiger partial charge in [-0.25, -0.2) is 4.39 Å². The Balaban J connectivity index is 2.69. The number of unbranched alkanes of at least 4 members (excludes halogenated alkanes) is 1. The number of carbonyl (C=O) groups is 1.